The van der Waals surface area contributed by atoms with Crippen molar-refractivity contribution in [3.8, 4) is 0 Å². The lowest BCUT2D eigenvalue weighted by molar-refractivity contribution is -0.193. The zero-order valence-corrected chi connectivity index (χ0v) is 19.1. The van der Waals surface area contributed by atoms with Crippen molar-refractivity contribution < 1.29 is 60.0 Å². The molecule has 2 aromatic heterocycles. The first-order chi connectivity index (χ1) is 17.3. The summed E-state index contributed by atoms with van der Waals surface area (Å²) in [5.41, 5.74) is 2.39. The third-order valence-electron chi connectivity index (χ3n) is 5.31. The number of morpholine rings is 1. The molecule has 1 aliphatic carbocycles. The lowest BCUT2D eigenvalue weighted by Gasteiger charge is -2.38. The fourth-order valence-corrected chi connectivity index (χ4v) is 3.67. The van der Waals surface area contributed by atoms with E-state index in [-0.39, 0.29) is 12.2 Å². The number of fused-ring (bicyclic) bond motifs is 1. The van der Waals surface area contributed by atoms with Gasteiger partial charge in [-0.25, -0.2) is 9.59 Å². The van der Waals surface area contributed by atoms with Crippen molar-refractivity contribution in [3.05, 3.63) is 54.2 Å². The number of aliphatic carboxylic acids is 2. The van der Waals surface area contributed by atoms with Gasteiger partial charge in [0.15, 0.2) is 0 Å². The molecule has 2 fully saturated rings. The Morgan fingerprint density at radius 2 is 1.59 bits per heavy atom. The van der Waals surface area contributed by atoms with Crippen molar-refractivity contribution in [2.45, 2.75) is 56.6 Å². The van der Waals surface area contributed by atoms with E-state index in [1.807, 2.05) is 24.5 Å². The lowest BCUT2D eigenvalue weighted by atomic mass is 10.1. The molecule has 0 bridgehead atoms. The second-order valence-corrected chi connectivity index (χ2v) is 7.89. The molecule has 2 aromatic rings. The zero-order valence-electron chi connectivity index (χ0n) is 19.1. The third kappa shape index (κ3) is 10.0. The average Bonchev–Trinajstić information content (AvgIpc) is 3.48. The van der Waals surface area contributed by atoms with Gasteiger partial charge in [0.2, 0.25) is 0 Å². The van der Waals surface area contributed by atoms with E-state index in [0.29, 0.717) is 12.6 Å². The Kier molecular flexibility index (Phi) is 10.9. The largest absolute Gasteiger partial charge is 0.490 e. The molecule has 1 aliphatic heterocycles. The monoisotopic (exact) mass is 542 g/mol. The number of halogens is 6. The quantitative estimate of drug-likeness (QED) is 0.542. The number of hydrogen-bond donors (Lipinski definition) is 2. The average molecular weight is 542 g/mol. The molecule has 2 N–H and O–H groups in total. The Labute approximate surface area is 206 Å². The van der Waals surface area contributed by atoms with E-state index >= 15 is 0 Å². The molecule has 0 spiro atoms. The topological polar surface area (TPSA) is 122 Å². The van der Waals surface area contributed by atoms with Crippen molar-refractivity contribution in [1.29, 1.82) is 0 Å². The molecule has 0 radical (unpaired) electrons. The van der Waals surface area contributed by atoms with E-state index in [0.717, 1.165) is 38.1 Å². The molecule has 15 heteroatoms. The van der Waals surface area contributed by atoms with Crippen LogP contribution in [0.1, 0.15) is 24.0 Å². The van der Waals surface area contributed by atoms with E-state index in [9.17, 15) is 26.3 Å². The van der Waals surface area contributed by atoms with Gasteiger partial charge in [-0.15, -0.1) is 0 Å². The molecule has 2 aliphatic rings. The maximum absolute atomic E-state index is 10.6. The molecular formula is C22H24F6N2O7. The molecule has 3 atom stereocenters. The molecule has 1 saturated carbocycles. The van der Waals surface area contributed by atoms with Crippen molar-refractivity contribution in [2.75, 3.05) is 13.2 Å². The summed E-state index contributed by atoms with van der Waals surface area (Å²) in [4.78, 5) is 24.3. The molecule has 0 amide bonds. The highest BCUT2D eigenvalue weighted by molar-refractivity contribution is 5.73. The summed E-state index contributed by atoms with van der Waals surface area (Å²) in [5.74, 6) is -5.51. The van der Waals surface area contributed by atoms with Crippen molar-refractivity contribution in [2.24, 2.45) is 0 Å². The first-order valence-corrected chi connectivity index (χ1v) is 10.8. The van der Waals surface area contributed by atoms with Gasteiger partial charge in [0.05, 0.1) is 37.9 Å². The van der Waals surface area contributed by atoms with Crippen LogP contribution < -0.4 is 0 Å². The molecule has 0 aromatic carbocycles. The zero-order chi connectivity index (χ0) is 27.6. The summed E-state index contributed by atoms with van der Waals surface area (Å²) in [6.45, 7) is 3.30. The maximum Gasteiger partial charge on any atom is 0.490 e. The fourth-order valence-electron chi connectivity index (χ4n) is 3.67. The van der Waals surface area contributed by atoms with Gasteiger partial charge in [0.1, 0.15) is 0 Å². The van der Waals surface area contributed by atoms with E-state index in [1.165, 1.54) is 5.56 Å². The van der Waals surface area contributed by atoms with Crippen LogP contribution in [0.5, 0.6) is 0 Å². The number of alkyl halides is 6. The van der Waals surface area contributed by atoms with Gasteiger partial charge in [-0.05, 0) is 36.6 Å². The van der Waals surface area contributed by atoms with Gasteiger partial charge >= 0.3 is 24.3 Å². The highest BCUT2D eigenvalue weighted by atomic mass is 19.4. The molecule has 0 unspecified atom stereocenters. The molecular weight excluding hydrogens is 518 g/mol. The number of hydrogen-bond acceptors (Lipinski definition) is 7. The van der Waals surface area contributed by atoms with E-state index in [2.05, 4.69) is 9.88 Å². The summed E-state index contributed by atoms with van der Waals surface area (Å²) in [7, 11) is 0. The molecule has 4 rings (SSSR count). The highest BCUT2D eigenvalue weighted by Gasteiger charge is 2.43. The Morgan fingerprint density at radius 1 is 1.00 bits per heavy atom. The van der Waals surface area contributed by atoms with Gasteiger partial charge in [-0.2, -0.15) is 26.3 Å². The van der Waals surface area contributed by atoms with Crippen LogP contribution in [-0.2, 0) is 32.2 Å². The van der Waals surface area contributed by atoms with Crippen LogP contribution in [0, 0.1) is 0 Å². The summed E-state index contributed by atoms with van der Waals surface area (Å²) in [6, 6.07) is 6.48. The van der Waals surface area contributed by atoms with Crippen LogP contribution in [0.2, 0.25) is 0 Å². The minimum absolute atomic E-state index is 0.178. The first kappa shape index (κ1) is 30.1. The summed E-state index contributed by atoms with van der Waals surface area (Å²) in [6.07, 6.45) is -0.441. The Bertz CT molecular complexity index is 946. The second kappa shape index (κ2) is 13.4. The Balaban J connectivity index is 0.000000286. The predicted octanol–water partition coefficient (Wildman–Crippen LogP) is 3.89. The number of carboxylic acids is 2. The van der Waals surface area contributed by atoms with Gasteiger partial charge in [-0.1, -0.05) is 0 Å². The van der Waals surface area contributed by atoms with E-state index < -0.39 is 24.3 Å². The normalized spacial score (nSPS) is 21.6. The second-order valence-electron chi connectivity index (χ2n) is 7.89. The Hall–Kier alpha value is -3.17. The third-order valence-corrected chi connectivity index (χ3v) is 5.31. The van der Waals surface area contributed by atoms with E-state index in [1.54, 1.807) is 18.7 Å². The van der Waals surface area contributed by atoms with Crippen LogP contribution in [0.3, 0.4) is 0 Å². The number of rotatable bonds is 5. The van der Waals surface area contributed by atoms with Crippen LogP contribution in [0.15, 0.2) is 47.5 Å². The van der Waals surface area contributed by atoms with E-state index in [4.69, 9.17) is 33.7 Å². The van der Waals surface area contributed by atoms with Crippen molar-refractivity contribution in [3.63, 3.8) is 0 Å². The van der Waals surface area contributed by atoms with Gasteiger partial charge in [-0.3, -0.25) is 9.88 Å². The van der Waals surface area contributed by atoms with Gasteiger partial charge in [0, 0.05) is 37.1 Å². The summed E-state index contributed by atoms with van der Waals surface area (Å²) in [5, 5.41) is 14.2. The number of ether oxygens (including phenoxy) is 2. The van der Waals surface area contributed by atoms with Crippen LogP contribution in [0.25, 0.3) is 0 Å². The fraction of sp³-hybridized carbons (Fsp3) is 0.500. The minimum Gasteiger partial charge on any atom is -0.475 e. The smallest absolute Gasteiger partial charge is 0.475 e. The Morgan fingerprint density at radius 3 is 2.11 bits per heavy atom. The number of furan rings is 1. The summed E-state index contributed by atoms with van der Waals surface area (Å²) < 4.78 is 80.9. The lowest BCUT2D eigenvalue weighted by Crippen LogP contribution is -2.51. The molecule has 1 saturated heterocycles. The molecule has 9 nitrogen and oxygen atoms in total. The van der Waals surface area contributed by atoms with Crippen LogP contribution in [0.4, 0.5) is 26.3 Å². The van der Waals surface area contributed by atoms with Crippen molar-refractivity contribution in [1.82, 2.24) is 9.88 Å². The van der Waals surface area contributed by atoms with Crippen LogP contribution >= 0.6 is 0 Å². The minimum atomic E-state index is -5.08. The number of carbonyl (C=O) groups is 2. The molecule has 206 valence electrons. The molecule has 37 heavy (non-hydrogen) atoms. The standard InChI is InChI=1S/C18H22N2O3.2C2HF3O2/c1-2-17(23-13-14-3-6-19-7-4-14)18-16(1)20(8-10-22-18)11-15-5-9-21-12-15;2*3-2(4,5)1(6)7/h3-7,9,12,16-18H,1-2,8,10-11,13H2;2*(H,6,7)/t16-,17+,18+;;/m0../s1. The summed E-state index contributed by atoms with van der Waals surface area (Å²) >= 11 is 0. The van der Waals surface area contributed by atoms with Crippen LogP contribution in [-0.4, -0.2) is 75.8 Å². The predicted molar refractivity (Wildman–Crippen MR) is 112 cm³/mol. The van der Waals surface area contributed by atoms with Crippen molar-refractivity contribution >= 4 is 11.9 Å². The number of aromatic nitrogens is 1. The first-order valence-electron chi connectivity index (χ1n) is 10.8. The number of pyridine rings is 1. The highest BCUT2D eigenvalue weighted by Crippen LogP contribution is 2.33. The maximum atomic E-state index is 10.6. The molecule has 3 heterocycles. The SMILES string of the molecule is O=C(O)C(F)(F)F.O=C(O)C(F)(F)F.c1cc(CO[C@@H]2CC[C@H]3[C@H]2OCCN3Cc2ccoc2)ccn1. The van der Waals surface area contributed by atoms with Gasteiger partial charge in [0.25, 0.3) is 0 Å². The number of carboxylic acid groups (broad SMARTS) is 2. The number of nitrogens with zero attached hydrogens (tertiary/aromatic N) is 2. The van der Waals surface area contributed by atoms with Gasteiger partial charge < -0.3 is 24.1 Å².